The molecule has 4 aliphatic carbocycles. The Morgan fingerprint density at radius 2 is 1.95 bits per heavy atom. The fourth-order valence-electron chi connectivity index (χ4n) is 8.08. The highest BCUT2D eigenvalue weighted by Gasteiger charge is 2.78. The number of fused-ring (bicyclic) bond motifs is 2. The molecule has 9 heteroatoms. The summed E-state index contributed by atoms with van der Waals surface area (Å²) in [6.45, 7) is 8.95. The van der Waals surface area contributed by atoms with Crippen molar-refractivity contribution in [1.29, 1.82) is 0 Å². The number of nitrogens with zero attached hydrogens (tertiary/aromatic N) is 1. The summed E-state index contributed by atoms with van der Waals surface area (Å²) >= 11 is 0. The van der Waals surface area contributed by atoms with Crippen LogP contribution in [0.3, 0.4) is 0 Å². The Morgan fingerprint density at radius 3 is 2.63 bits per heavy atom. The van der Waals surface area contributed by atoms with E-state index in [9.17, 15) is 24.6 Å². The summed E-state index contributed by atoms with van der Waals surface area (Å²) in [7, 11) is 0. The van der Waals surface area contributed by atoms with Crippen LogP contribution in [0.4, 0.5) is 0 Å². The summed E-state index contributed by atoms with van der Waals surface area (Å²) < 4.78 is 0. The van der Waals surface area contributed by atoms with Gasteiger partial charge < -0.3 is 26.6 Å². The van der Waals surface area contributed by atoms with Crippen LogP contribution >= 0.6 is 0 Å². The molecule has 2 spiro atoms. The zero-order valence-corrected chi connectivity index (χ0v) is 22.0. The number of amides is 3. The van der Waals surface area contributed by atoms with Gasteiger partial charge >= 0.3 is 0 Å². The number of allylic oxidation sites excluding steroid dienone is 1. The Morgan fingerprint density at radius 1 is 1.21 bits per heavy atom. The van der Waals surface area contributed by atoms with Gasteiger partial charge in [-0.1, -0.05) is 18.2 Å². The summed E-state index contributed by atoms with van der Waals surface area (Å²) in [5.74, 6) is -1.26. The molecule has 6 N–H and O–H groups in total. The van der Waals surface area contributed by atoms with E-state index in [0.717, 1.165) is 42.6 Å². The topological polar surface area (TPSA) is 145 Å². The lowest BCUT2D eigenvalue weighted by Crippen LogP contribution is -2.70. The first-order chi connectivity index (χ1) is 17.9. The molecule has 1 aliphatic heterocycles. The molecule has 0 radical (unpaired) electrons. The number of primary amides is 1. The van der Waals surface area contributed by atoms with Gasteiger partial charge in [0.05, 0.1) is 11.2 Å². The molecular formula is C29H36N4O5. The predicted molar refractivity (Wildman–Crippen MR) is 140 cm³/mol. The predicted octanol–water partition coefficient (Wildman–Crippen LogP) is 1.13. The second-order valence-electron chi connectivity index (χ2n) is 12.5. The highest BCUT2D eigenvalue weighted by molar-refractivity contribution is 6.18. The van der Waals surface area contributed by atoms with E-state index in [1.165, 1.54) is 19.8 Å². The van der Waals surface area contributed by atoms with Gasteiger partial charge in [-0.25, -0.2) is 0 Å². The zero-order chi connectivity index (χ0) is 27.2. The van der Waals surface area contributed by atoms with E-state index in [1.807, 2.05) is 13.0 Å². The van der Waals surface area contributed by atoms with E-state index in [2.05, 4.69) is 22.1 Å². The third-order valence-corrected chi connectivity index (χ3v) is 9.85. The van der Waals surface area contributed by atoms with E-state index >= 15 is 0 Å². The number of nitrogens with two attached hydrogens (primary N) is 1. The number of phenols is 1. The second kappa shape index (κ2) is 8.16. The Hall–Kier alpha value is -3.17. The van der Waals surface area contributed by atoms with Crippen molar-refractivity contribution < 1.29 is 24.6 Å². The van der Waals surface area contributed by atoms with Gasteiger partial charge in [0, 0.05) is 48.5 Å². The van der Waals surface area contributed by atoms with Gasteiger partial charge in [0.15, 0.2) is 0 Å². The molecule has 2 saturated carbocycles. The van der Waals surface area contributed by atoms with Crippen molar-refractivity contribution in [2.24, 2.45) is 17.1 Å². The molecule has 5 atom stereocenters. The summed E-state index contributed by atoms with van der Waals surface area (Å²) in [5, 5.41) is 28.4. The number of phenolic OH excluding ortho intramolecular Hbond substituents is 1. The molecule has 1 saturated heterocycles. The number of rotatable bonds is 7. The Balaban J connectivity index is 1.33. The normalized spacial score (nSPS) is 33.8. The number of carbonyl (C=O) groups is 3. The highest BCUT2D eigenvalue weighted by Crippen LogP contribution is 2.72. The minimum absolute atomic E-state index is 0.0216. The van der Waals surface area contributed by atoms with E-state index in [4.69, 9.17) is 5.73 Å². The molecular weight excluding hydrogens is 484 g/mol. The molecule has 3 fully saturated rings. The molecule has 202 valence electrons. The molecule has 1 heterocycles. The Kier molecular flexibility index (Phi) is 5.40. The first kappa shape index (κ1) is 25.1. The van der Waals surface area contributed by atoms with E-state index in [0.29, 0.717) is 24.5 Å². The molecule has 6 rings (SSSR count). The van der Waals surface area contributed by atoms with Gasteiger partial charge in [0.25, 0.3) is 11.8 Å². The molecule has 3 amide bonds. The molecule has 2 bridgehead atoms. The molecule has 9 nitrogen and oxygen atoms in total. The number of hydrogen-bond acceptors (Lipinski definition) is 6. The van der Waals surface area contributed by atoms with Crippen molar-refractivity contribution in [3.63, 3.8) is 0 Å². The molecule has 1 aromatic rings. The lowest BCUT2D eigenvalue weighted by atomic mass is 9.58. The van der Waals surface area contributed by atoms with Crippen LogP contribution in [-0.4, -0.2) is 63.6 Å². The smallest absolute Gasteiger partial charge is 0.260 e. The number of likely N-dealkylation sites (tertiary alicyclic amines) is 1. The van der Waals surface area contributed by atoms with Crippen LogP contribution < -0.4 is 16.4 Å². The van der Waals surface area contributed by atoms with Gasteiger partial charge in [-0.15, -0.1) is 0 Å². The van der Waals surface area contributed by atoms with Crippen LogP contribution in [0.1, 0.15) is 57.1 Å². The number of nitrogens with one attached hydrogen (secondary N) is 2. The third kappa shape index (κ3) is 3.48. The van der Waals surface area contributed by atoms with Gasteiger partial charge in [-0.05, 0) is 68.7 Å². The number of aliphatic hydroxyl groups is 1. The third-order valence-electron chi connectivity index (χ3n) is 9.85. The van der Waals surface area contributed by atoms with Crippen LogP contribution in [-0.2, 0) is 26.2 Å². The van der Waals surface area contributed by atoms with Crippen LogP contribution in [0.2, 0.25) is 0 Å². The largest absolute Gasteiger partial charge is 0.508 e. The van der Waals surface area contributed by atoms with Gasteiger partial charge in [0.2, 0.25) is 5.91 Å². The lowest BCUT2D eigenvalue weighted by molar-refractivity contribution is -0.148. The van der Waals surface area contributed by atoms with Crippen molar-refractivity contribution in [2.75, 3.05) is 13.1 Å². The van der Waals surface area contributed by atoms with Gasteiger partial charge in [-0.2, -0.15) is 0 Å². The van der Waals surface area contributed by atoms with Crippen molar-refractivity contribution in [1.82, 2.24) is 15.5 Å². The zero-order valence-electron chi connectivity index (χ0n) is 22.0. The standard InChI is InChI=1S/C29H36N4O5/c1-15-9-29(38)26-27(14-33(26)12-18-4-5-18)10-19-6-7-20(34)8-21(19)28(29,13-27)11-22(15)32-25(37)16(2)24(36)31-17(3)23(30)35/h6-8,17-18,26,34,38H,2,4-5,9-14H2,1,3H3,(H2,30,35)(H,31,36)(H,32,37)/t17-,26+,27?,28-,29+/m0/s1. The minimum atomic E-state index is -1.04. The maximum Gasteiger partial charge on any atom is 0.260 e. The minimum Gasteiger partial charge on any atom is -0.508 e. The monoisotopic (exact) mass is 520 g/mol. The first-order valence-corrected chi connectivity index (χ1v) is 13.5. The van der Waals surface area contributed by atoms with Gasteiger partial charge in [-0.3, -0.25) is 19.3 Å². The van der Waals surface area contributed by atoms with Crippen LogP contribution in [0.5, 0.6) is 5.75 Å². The first-order valence-electron chi connectivity index (χ1n) is 13.5. The fourth-order valence-corrected chi connectivity index (χ4v) is 8.08. The van der Waals surface area contributed by atoms with Crippen LogP contribution in [0.25, 0.3) is 0 Å². The molecule has 1 aromatic carbocycles. The van der Waals surface area contributed by atoms with Crippen molar-refractivity contribution in [3.05, 3.63) is 52.7 Å². The highest BCUT2D eigenvalue weighted by atomic mass is 16.3. The summed E-state index contributed by atoms with van der Waals surface area (Å²) in [6.07, 6.45) is 4.93. The molecule has 5 aliphatic rings. The van der Waals surface area contributed by atoms with Crippen molar-refractivity contribution in [2.45, 2.75) is 75.5 Å². The number of hydrogen-bond donors (Lipinski definition) is 5. The van der Waals surface area contributed by atoms with Crippen LogP contribution in [0.15, 0.2) is 41.6 Å². The van der Waals surface area contributed by atoms with E-state index in [1.54, 1.807) is 12.1 Å². The SMILES string of the molecule is C=C(C(=O)NC1=C(C)C[C@@]2(O)[C@@H]3N(CC4CC4)CC34Cc3ccc(O)cc3[C@]2(C1)C4)C(=O)N[C@@H](C)C(N)=O. The fraction of sp³-hybridized carbons (Fsp3) is 0.552. The summed E-state index contributed by atoms with van der Waals surface area (Å²) in [4.78, 5) is 39.4. The Labute approximate surface area is 222 Å². The number of benzene rings is 1. The maximum atomic E-state index is 13.1. The van der Waals surface area contributed by atoms with E-state index in [-0.39, 0.29) is 22.8 Å². The quantitative estimate of drug-likeness (QED) is 0.207. The molecule has 0 aromatic heterocycles. The number of carbonyl (C=O) groups excluding carboxylic acids is 3. The maximum absolute atomic E-state index is 13.1. The van der Waals surface area contributed by atoms with Crippen LogP contribution in [0, 0.1) is 11.3 Å². The number of aromatic hydroxyl groups is 1. The molecule has 1 unspecified atom stereocenters. The summed E-state index contributed by atoms with van der Waals surface area (Å²) in [6, 6.07) is 4.57. The summed E-state index contributed by atoms with van der Waals surface area (Å²) in [5.41, 5.74) is 6.78. The molecule has 38 heavy (non-hydrogen) atoms. The second-order valence-corrected chi connectivity index (χ2v) is 12.5. The van der Waals surface area contributed by atoms with Gasteiger partial charge in [0.1, 0.15) is 11.8 Å². The van der Waals surface area contributed by atoms with E-state index < -0.39 is 34.8 Å². The lowest BCUT2D eigenvalue weighted by Gasteiger charge is -2.58. The average molecular weight is 521 g/mol. The van der Waals surface area contributed by atoms with Crippen molar-refractivity contribution in [3.8, 4) is 5.75 Å². The average Bonchev–Trinajstić information content (AvgIpc) is 3.63. The van der Waals surface area contributed by atoms with Crippen molar-refractivity contribution >= 4 is 17.7 Å². The Bertz CT molecular complexity index is 1320.